The summed E-state index contributed by atoms with van der Waals surface area (Å²) in [6.07, 6.45) is 4.28. The van der Waals surface area contributed by atoms with Crippen molar-refractivity contribution in [2.24, 2.45) is 0 Å². The molecule has 8 nitrogen and oxygen atoms in total. The van der Waals surface area contributed by atoms with Gasteiger partial charge in [0.1, 0.15) is 6.04 Å². The van der Waals surface area contributed by atoms with Gasteiger partial charge in [0, 0.05) is 30.2 Å². The van der Waals surface area contributed by atoms with E-state index in [-0.39, 0.29) is 18.6 Å². The van der Waals surface area contributed by atoms with Gasteiger partial charge in [-0.3, -0.25) is 14.3 Å². The average Bonchev–Trinajstić information content (AvgIpc) is 3.43. The fourth-order valence-corrected chi connectivity index (χ4v) is 3.13. The first-order valence-electron chi connectivity index (χ1n) is 9.67. The minimum Gasteiger partial charge on any atom is -0.454 e. The van der Waals surface area contributed by atoms with Crippen molar-refractivity contribution in [3.05, 3.63) is 66.5 Å². The second kappa shape index (κ2) is 8.69. The molecule has 3 aromatic rings. The number of anilines is 2. The molecule has 2 N–H and O–H groups in total. The highest BCUT2D eigenvalue weighted by Crippen LogP contribution is 2.32. The highest BCUT2D eigenvalue weighted by atomic mass is 16.7. The Labute approximate surface area is 173 Å². The summed E-state index contributed by atoms with van der Waals surface area (Å²) >= 11 is 0. The Balaban J connectivity index is 1.31. The Hall–Kier alpha value is -3.81. The van der Waals surface area contributed by atoms with E-state index >= 15 is 0 Å². The van der Waals surface area contributed by atoms with E-state index in [0.29, 0.717) is 30.0 Å². The average molecular weight is 406 g/mol. The van der Waals surface area contributed by atoms with Crippen LogP contribution in [0.25, 0.3) is 0 Å². The van der Waals surface area contributed by atoms with Crippen molar-refractivity contribution in [1.29, 1.82) is 0 Å². The summed E-state index contributed by atoms with van der Waals surface area (Å²) in [7, 11) is 0. The van der Waals surface area contributed by atoms with E-state index in [1.165, 1.54) is 0 Å². The van der Waals surface area contributed by atoms with Crippen LogP contribution in [0.3, 0.4) is 0 Å². The number of aromatic nitrogens is 2. The Morgan fingerprint density at radius 1 is 1.07 bits per heavy atom. The number of nitrogens with zero attached hydrogens (tertiary/aromatic N) is 2. The maximum atomic E-state index is 12.4. The maximum absolute atomic E-state index is 12.4. The van der Waals surface area contributed by atoms with Crippen LogP contribution in [0.15, 0.2) is 60.9 Å². The van der Waals surface area contributed by atoms with Crippen molar-refractivity contribution >= 4 is 23.2 Å². The first-order chi connectivity index (χ1) is 14.6. The third kappa shape index (κ3) is 4.60. The topological polar surface area (TPSA) is 94.5 Å². The van der Waals surface area contributed by atoms with Gasteiger partial charge in [-0.25, -0.2) is 0 Å². The number of fused-ring (bicyclic) bond motifs is 1. The zero-order valence-corrected chi connectivity index (χ0v) is 16.5. The summed E-state index contributed by atoms with van der Waals surface area (Å²) in [4.78, 5) is 24.8. The number of hydrogen-bond donors (Lipinski definition) is 2. The lowest BCUT2D eigenvalue weighted by Crippen LogP contribution is -2.24. The molecule has 0 saturated carbocycles. The Morgan fingerprint density at radius 3 is 2.67 bits per heavy atom. The van der Waals surface area contributed by atoms with Gasteiger partial charge in [-0.15, -0.1) is 0 Å². The predicted octanol–water partition coefficient (Wildman–Crippen LogP) is 3.38. The second-order valence-corrected chi connectivity index (χ2v) is 6.97. The van der Waals surface area contributed by atoms with Gasteiger partial charge < -0.3 is 20.1 Å². The number of ether oxygens (including phenoxy) is 2. The molecule has 8 heteroatoms. The van der Waals surface area contributed by atoms with Crippen LogP contribution in [0.5, 0.6) is 11.5 Å². The van der Waals surface area contributed by atoms with Crippen molar-refractivity contribution in [3.8, 4) is 11.5 Å². The molecule has 0 saturated heterocycles. The largest absolute Gasteiger partial charge is 0.454 e. The minimum absolute atomic E-state index is 0.110. The normalized spacial score (nSPS) is 13.0. The van der Waals surface area contributed by atoms with Gasteiger partial charge in [0.2, 0.25) is 18.6 Å². The van der Waals surface area contributed by atoms with Crippen LogP contribution < -0.4 is 20.1 Å². The van der Waals surface area contributed by atoms with Crippen LogP contribution in [0.4, 0.5) is 11.4 Å². The van der Waals surface area contributed by atoms with Gasteiger partial charge >= 0.3 is 0 Å². The van der Waals surface area contributed by atoms with E-state index < -0.39 is 6.04 Å². The van der Waals surface area contributed by atoms with Crippen molar-refractivity contribution in [1.82, 2.24) is 9.78 Å². The first kappa shape index (κ1) is 19.5. The molecule has 1 atom stereocenters. The number of nitrogens with one attached hydrogen (secondary N) is 2. The standard InChI is InChI=1S/C22H22N4O4/c1-15(26-11-3-10-23-26)22(28)25-18-5-2-4-17(13-18)24-21(27)9-7-16-6-8-19-20(12-16)30-14-29-19/h2-6,8,10-13,15H,7,9,14H2,1H3,(H,24,27)(H,25,28). The second-order valence-electron chi connectivity index (χ2n) is 6.97. The molecule has 1 unspecified atom stereocenters. The van der Waals surface area contributed by atoms with Crippen LogP contribution in [0.2, 0.25) is 0 Å². The van der Waals surface area contributed by atoms with E-state index in [1.807, 2.05) is 18.2 Å². The van der Waals surface area contributed by atoms with Gasteiger partial charge in [-0.1, -0.05) is 12.1 Å². The Bertz CT molecular complexity index is 1050. The third-order valence-corrected chi connectivity index (χ3v) is 4.79. The number of aryl methyl sites for hydroxylation is 1. The SMILES string of the molecule is CC(C(=O)Nc1cccc(NC(=O)CCc2ccc3c(c2)OCO3)c1)n1cccn1. The quantitative estimate of drug-likeness (QED) is 0.627. The molecule has 0 bridgehead atoms. The van der Waals surface area contributed by atoms with E-state index in [9.17, 15) is 9.59 Å². The summed E-state index contributed by atoms with van der Waals surface area (Å²) in [5, 5.41) is 9.80. The van der Waals surface area contributed by atoms with E-state index in [4.69, 9.17) is 9.47 Å². The van der Waals surface area contributed by atoms with Crippen LogP contribution >= 0.6 is 0 Å². The molecule has 1 aliphatic rings. The highest BCUT2D eigenvalue weighted by Gasteiger charge is 2.16. The predicted molar refractivity (Wildman–Crippen MR) is 112 cm³/mol. The molecule has 0 spiro atoms. The fourth-order valence-electron chi connectivity index (χ4n) is 3.13. The monoisotopic (exact) mass is 406 g/mol. The summed E-state index contributed by atoms with van der Waals surface area (Å²) < 4.78 is 12.2. The van der Waals surface area contributed by atoms with Crippen molar-refractivity contribution in [2.75, 3.05) is 17.4 Å². The summed E-state index contributed by atoms with van der Waals surface area (Å²) in [5.41, 5.74) is 2.23. The van der Waals surface area contributed by atoms with Gasteiger partial charge in [-0.2, -0.15) is 5.10 Å². The Morgan fingerprint density at radius 2 is 1.87 bits per heavy atom. The highest BCUT2D eigenvalue weighted by molar-refractivity contribution is 5.95. The molecule has 0 aliphatic carbocycles. The maximum Gasteiger partial charge on any atom is 0.248 e. The van der Waals surface area contributed by atoms with Gasteiger partial charge in [-0.05, 0) is 55.3 Å². The molecule has 1 aromatic heterocycles. The first-order valence-corrected chi connectivity index (χ1v) is 9.67. The number of carbonyl (C=O) groups is 2. The molecule has 2 heterocycles. The molecule has 4 rings (SSSR count). The molecular weight excluding hydrogens is 384 g/mol. The van der Waals surface area contributed by atoms with E-state index in [0.717, 1.165) is 11.3 Å². The lowest BCUT2D eigenvalue weighted by atomic mass is 10.1. The number of rotatable bonds is 7. The van der Waals surface area contributed by atoms with Crippen LogP contribution in [-0.4, -0.2) is 28.4 Å². The number of hydrogen-bond acceptors (Lipinski definition) is 5. The summed E-state index contributed by atoms with van der Waals surface area (Å²) in [5.74, 6) is 1.13. The molecule has 0 fully saturated rings. The number of carbonyl (C=O) groups excluding carboxylic acids is 2. The molecule has 2 amide bonds. The van der Waals surface area contributed by atoms with Crippen LogP contribution in [0.1, 0.15) is 24.9 Å². The fraction of sp³-hybridized carbons (Fsp3) is 0.227. The lowest BCUT2D eigenvalue weighted by Gasteiger charge is -2.13. The number of benzene rings is 2. The Kier molecular flexibility index (Phi) is 5.65. The minimum atomic E-state index is -0.444. The molecule has 1 aliphatic heterocycles. The van der Waals surface area contributed by atoms with Crippen molar-refractivity contribution in [3.63, 3.8) is 0 Å². The molecule has 0 radical (unpaired) electrons. The van der Waals surface area contributed by atoms with Crippen LogP contribution in [-0.2, 0) is 16.0 Å². The van der Waals surface area contributed by atoms with Gasteiger partial charge in [0.25, 0.3) is 0 Å². The zero-order valence-electron chi connectivity index (χ0n) is 16.5. The third-order valence-electron chi connectivity index (χ3n) is 4.79. The molecule has 30 heavy (non-hydrogen) atoms. The molecular formula is C22H22N4O4. The smallest absolute Gasteiger partial charge is 0.248 e. The lowest BCUT2D eigenvalue weighted by molar-refractivity contribution is -0.119. The zero-order chi connectivity index (χ0) is 20.9. The van der Waals surface area contributed by atoms with E-state index in [1.54, 1.807) is 54.3 Å². The molecule has 154 valence electrons. The van der Waals surface area contributed by atoms with E-state index in [2.05, 4.69) is 15.7 Å². The van der Waals surface area contributed by atoms with Crippen molar-refractivity contribution < 1.29 is 19.1 Å². The van der Waals surface area contributed by atoms with Crippen LogP contribution in [0, 0.1) is 0 Å². The molecule has 2 aromatic carbocycles. The number of amides is 2. The van der Waals surface area contributed by atoms with Gasteiger partial charge in [0.15, 0.2) is 11.5 Å². The summed E-state index contributed by atoms with van der Waals surface area (Å²) in [6.45, 7) is 2.00. The summed E-state index contributed by atoms with van der Waals surface area (Å²) in [6, 6.07) is 14.1. The van der Waals surface area contributed by atoms with Crippen molar-refractivity contribution in [2.45, 2.75) is 25.8 Å². The van der Waals surface area contributed by atoms with Gasteiger partial charge in [0.05, 0.1) is 0 Å².